The molecule has 5 rings (SSSR count). The largest absolute Gasteiger partial charge is 0.391 e. The van der Waals surface area contributed by atoms with Crippen LogP contribution in [0.2, 0.25) is 10.0 Å². The minimum Gasteiger partial charge on any atom is -0.391 e. The van der Waals surface area contributed by atoms with Gasteiger partial charge in [-0.15, -0.1) is 0 Å². The Hall–Kier alpha value is -2.07. The molecule has 196 valence electrons. The van der Waals surface area contributed by atoms with E-state index in [4.69, 9.17) is 27.9 Å². The van der Waals surface area contributed by atoms with Gasteiger partial charge in [0.15, 0.2) is 0 Å². The molecule has 0 aromatic heterocycles. The summed E-state index contributed by atoms with van der Waals surface area (Å²) in [6, 6.07) is 3.24. The third kappa shape index (κ3) is 4.90. The number of nitrogens with zero attached hydrogens (tertiary/aromatic N) is 3. The van der Waals surface area contributed by atoms with Crippen molar-refractivity contribution in [3.05, 3.63) is 28.2 Å². The Labute approximate surface area is 220 Å². The molecule has 9 nitrogen and oxygen atoms in total. The second-order valence-electron chi connectivity index (χ2n) is 10.5. The Kier molecular flexibility index (Phi) is 7.11. The first-order valence-electron chi connectivity index (χ1n) is 12.6. The van der Waals surface area contributed by atoms with Crippen molar-refractivity contribution in [3.63, 3.8) is 0 Å². The van der Waals surface area contributed by atoms with Crippen LogP contribution in [0.5, 0.6) is 0 Å². The number of nitrogens with one attached hydrogen (secondary N) is 1. The van der Waals surface area contributed by atoms with Gasteiger partial charge in [-0.2, -0.15) is 0 Å². The Bertz CT molecular complexity index is 1050. The van der Waals surface area contributed by atoms with Gasteiger partial charge in [-0.05, 0) is 56.2 Å². The van der Waals surface area contributed by atoms with Gasteiger partial charge in [0.1, 0.15) is 6.04 Å². The molecule has 0 radical (unpaired) electrons. The number of anilines is 1. The molecule has 1 aromatic carbocycles. The summed E-state index contributed by atoms with van der Waals surface area (Å²) < 4.78 is 5.79. The lowest BCUT2D eigenvalue weighted by atomic mass is 9.90. The summed E-state index contributed by atoms with van der Waals surface area (Å²) >= 11 is 12.0. The molecular weight excluding hydrogens is 507 g/mol. The van der Waals surface area contributed by atoms with Crippen LogP contribution in [0.3, 0.4) is 0 Å². The number of benzene rings is 1. The average molecular weight is 539 g/mol. The molecule has 3 aliphatic heterocycles. The fourth-order valence-corrected chi connectivity index (χ4v) is 6.02. The lowest BCUT2D eigenvalue weighted by Gasteiger charge is -2.50. The monoisotopic (exact) mass is 538 g/mol. The molecule has 4 fully saturated rings. The minimum absolute atomic E-state index is 0.00631. The number of fused-ring (bicyclic) bond motifs is 1. The number of urea groups is 1. The smallest absolute Gasteiger partial charge is 0.322 e. The maximum Gasteiger partial charge on any atom is 0.322 e. The third-order valence-electron chi connectivity index (χ3n) is 8.24. The van der Waals surface area contributed by atoms with Crippen LogP contribution in [0.1, 0.15) is 39.0 Å². The van der Waals surface area contributed by atoms with Crippen LogP contribution in [-0.4, -0.2) is 94.7 Å². The van der Waals surface area contributed by atoms with Crippen LogP contribution in [0.15, 0.2) is 18.2 Å². The molecule has 1 aliphatic carbocycles. The number of halogens is 2. The van der Waals surface area contributed by atoms with E-state index in [1.165, 1.54) is 4.90 Å². The van der Waals surface area contributed by atoms with Crippen LogP contribution in [0.25, 0.3) is 0 Å². The molecular formula is C25H32Cl2N4O5. The lowest BCUT2D eigenvalue weighted by Crippen LogP contribution is -2.68. The van der Waals surface area contributed by atoms with Gasteiger partial charge < -0.3 is 29.9 Å². The number of aliphatic hydroxyl groups excluding tert-OH is 1. The summed E-state index contributed by atoms with van der Waals surface area (Å²) in [5, 5.41) is 13.9. The number of amides is 4. The van der Waals surface area contributed by atoms with Crippen LogP contribution >= 0.6 is 23.2 Å². The van der Waals surface area contributed by atoms with Crippen molar-refractivity contribution in [1.82, 2.24) is 14.7 Å². The van der Waals surface area contributed by atoms with Crippen LogP contribution in [0.4, 0.5) is 10.5 Å². The first-order chi connectivity index (χ1) is 17.2. The molecule has 2 N–H and O–H groups in total. The van der Waals surface area contributed by atoms with E-state index in [-0.39, 0.29) is 29.3 Å². The summed E-state index contributed by atoms with van der Waals surface area (Å²) in [5.41, 5.74) is 0.540. The summed E-state index contributed by atoms with van der Waals surface area (Å²) in [5.74, 6) is -0.146. The lowest BCUT2D eigenvalue weighted by molar-refractivity contribution is -0.160. The maximum absolute atomic E-state index is 13.4. The van der Waals surface area contributed by atoms with Gasteiger partial charge in [0, 0.05) is 31.7 Å². The van der Waals surface area contributed by atoms with Crippen molar-refractivity contribution in [1.29, 1.82) is 0 Å². The van der Waals surface area contributed by atoms with E-state index in [2.05, 4.69) is 5.32 Å². The topological polar surface area (TPSA) is 102 Å². The zero-order valence-corrected chi connectivity index (χ0v) is 21.8. The predicted molar refractivity (Wildman–Crippen MR) is 135 cm³/mol. The highest BCUT2D eigenvalue weighted by atomic mass is 35.5. The van der Waals surface area contributed by atoms with Gasteiger partial charge in [0.25, 0.3) is 0 Å². The molecule has 4 atom stereocenters. The summed E-state index contributed by atoms with van der Waals surface area (Å²) in [6.45, 7) is 3.81. The van der Waals surface area contributed by atoms with Gasteiger partial charge >= 0.3 is 6.03 Å². The molecule has 1 spiro atoms. The molecule has 3 heterocycles. The molecule has 3 saturated heterocycles. The molecule has 1 saturated carbocycles. The first kappa shape index (κ1) is 25.6. The Morgan fingerprint density at radius 2 is 1.94 bits per heavy atom. The number of morpholine rings is 1. The van der Waals surface area contributed by atoms with E-state index in [1.54, 1.807) is 30.0 Å². The Morgan fingerprint density at radius 3 is 2.64 bits per heavy atom. The number of hydrogen-bond donors (Lipinski definition) is 2. The second-order valence-corrected chi connectivity index (χ2v) is 11.3. The molecule has 0 bridgehead atoms. The number of aliphatic hydroxyl groups is 1. The van der Waals surface area contributed by atoms with Gasteiger partial charge in [0.05, 0.1) is 41.4 Å². The van der Waals surface area contributed by atoms with Gasteiger partial charge in [-0.1, -0.05) is 23.2 Å². The molecule has 1 aromatic rings. The second kappa shape index (κ2) is 10.0. The number of ether oxygens (including phenoxy) is 1. The normalized spacial score (nSPS) is 29.2. The number of carbonyl (C=O) groups excluding carboxylic acids is 3. The third-order valence-corrected chi connectivity index (χ3v) is 8.98. The van der Waals surface area contributed by atoms with E-state index in [0.717, 1.165) is 19.3 Å². The summed E-state index contributed by atoms with van der Waals surface area (Å²) in [4.78, 5) is 44.3. The minimum atomic E-state index is -0.660. The predicted octanol–water partition coefficient (Wildman–Crippen LogP) is 2.98. The average Bonchev–Trinajstić information content (AvgIpc) is 3.64. The molecule has 0 unspecified atom stereocenters. The van der Waals surface area contributed by atoms with E-state index >= 15 is 0 Å². The van der Waals surface area contributed by atoms with Crippen LogP contribution < -0.4 is 5.32 Å². The molecule has 4 amide bonds. The Morgan fingerprint density at radius 1 is 1.17 bits per heavy atom. The van der Waals surface area contributed by atoms with E-state index < -0.39 is 18.2 Å². The molecule has 36 heavy (non-hydrogen) atoms. The number of likely N-dealkylation sites (tertiary alicyclic amines) is 1. The van der Waals surface area contributed by atoms with Crippen molar-refractivity contribution in [3.8, 4) is 0 Å². The highest BCUT2D eigenvalue weighted by molar-refractivity contribution is 6.42. The number of carbonyl (C=O) groups is 3. The SMILES string of the molecule is C[C@H]1C(=O)N2[C@@H](CCC(=O)N3CCC4(CC4)[C@H](O)C3)COC[C@H]2CN1C(=O)Nc1ccc(Cl)c(Cl)c1. The van der Waals surface area contributed by atoms with E-state index in [0.29, 0.717) is 61.4 Å². The zero-order valence-electron chi connectivity index (χ0n) is 20.3. The Balaban J connectivity index is 1.18. The first-order valence-corrected chi connectivity index (χ1v) is 13.3. The van der Waals surface area contributed by atoms with Gasteiger partial charge in [0.2, 0.25) is 11.8 Å². The number of piperazine rings is 1. The highest BCUT2D eigenvalue weighted by Crippen LogP contribution is 2.53. The maximum atomic E-state index is 13.4. The fourth-order valence-electron chi connectivity index (χ4n) is 5.72. The van der Waals surface area contributed by atoms with Crippen molar-refractivity contribution >= 4 is 46.7 Å². The number of hydrogen-bond acceptors (Lipinski definition) is 5. The van der Waals surface area contributed by atoms with Crippen LogP contribution in [0, 0.1) is 5.41 Å². The van der Waals surface area contributed by atoms with Crippen molar-refractivity contribution in [2.45, 2.75) is 63.3 Å². The summed E-state index contributed by atoms with van der Waals surface area (Å²) in [7, 11) is 0. The van der Waals surface area contributed by atoms with Crippen molar-refractivity contribution in [2.75, 3.05) is 38.2 Å². The van der Waals surface area contributed by atoms with Crippen molar-refractivity contribution < 1.29 is 24.2 Å². The molecule has 11 heteroatoms. The van der Waals surface area contributed by atoms with Gasteiger partial charge in [-0.25, -0.2) is 4.79 Å². The number of β-amino-alcohol motifs (C(OH)–C–C–N with tert-alkyl or cyclic N) is 1. The van der Waals surface area contributed by atoms with E-state index in [1.807, 2.05) is 4.90 Å². The summed E-state index contributed by atoms with van der Waals surface area (Å²) in [6.07, 6.45) is 3.30. The molecule has 4 aliphatic rings. The number of piperidine rings is 1. The standard InChI is InChI=1S/C25H32Cl2N4O5/c1-15-23(34)31-17(3-5-22(33)29-9-8-25(6-7-25)21(32)12-29)13-36-14-18(31)11-30(15)24(35)28-16-2-4-19(26)20(27)10-16/h2,4,10,15,17-18,21,32H,3,5-9,11-14H2,1H3,(H,28,35)/t15-,17-,18+,21+/m0/s1. The quantitative estimate of drug-likeness (QED) is 0.613. The van der Waals surface area contributed by atoms with Crippen molar-refractivity contribution in [2.24, 2.45) is 5.41 Å². The fraction of sp³-hybridized carbons (Fsp3) is 0.640. The highest BCUT2D eigenvalue weighted by Gasteiger charge is 2.52. The van der Waals surface area contributed by atoms with Crippen LogP contribution in [-0.2, 0) is 14.3 Å². The zero-order chi connectivity index (χ0) is 25.6. The van der Waals surface area contributed by atoms with E-state index in [9.17, 15) is 19.5 Å². The number of rotatable bonds is 4. The van der Waals surface area contributed by atoms with Gasteiger partial charge in [-0.3, -0.25) is 9.59 Å².